The van der Waals surface area contributed by atoms with Gasteiger partial charge >= 0.3 is 0 Å². The number of aromatic nitrogens is 3. The van der Waals surface area contributed by atoms with Crippen molar-refractivity contribution in [2.75, 3.05) is 0 Å². The van der Waals surface area contributed by atoms with Crippen LogP contribution in [0.2, 0.25) is 5.02 Å². The molecule has 0 unspecified atom stereocenters. The van der Waals surface area contributed by atoms with Crippen molar-refractivity contribution in [3.05, 3.63) is 44.7 Å². The second kappa shape index (κ2) is 6.88. The van der Waals surface area contributed by atoms with Crippen molar-refractivity contribution in [2.45, 2.75) is 30.9 Å². The normalized spacial score (nSPS) is 10.8. The molecule has 21 heavy (non-hydrogen) atoms. The molecule has 0 fully saturated rings. The number of benzene rings is 1. The molecule has 0 saturated heterocycles. The Labute approximate surface area is 130 Å². The van der Waals surface area contributed by atoms with E-state index in [9.17, 15) is 10.1 Å². The van der Waals surface area contributed by atoms with Crippen LogP contribution in [-0.4, -0.2) is 19.7 Å². The number of halogens is 1. The van der Waals surface area contributed by atoms with Crippen molar-refractivity contribution in [1.29, 1.82) is 0 Å². The van der Waals surface area contributed by atoms with E-state index in [1.54, 1.807) is 6.07 Å². The van der Waals surface area contributed by atoms with E-state index in [1.165, 1.54) is 23.9 Å². The topological polar surface area (TPSA) is 99.9 Å². The Morgan fingerprint density at radius 2 is 2.24 bits per heavy atom. The molecule has 0 saturated carbocycles. The van der Waals surface area contributed by atoms with E-state index in [1.807, 2.05) is 11.5 Å². The van der Waals surface area contributed by atoms with E-state index in [2.05, 4.69) is 10.2 Å². The monoisotopic (exact) mass is 327 g/mol. The smallest absolute Gasteiger partial charge is 0.270 e. The molecule has 9 heteroatoms. The molecule has 0 aliphatic heterocycles. The minimum atomic E-state index is -0.468. The minimum absolute atomic E-state index is 0.0177. The molecule has 2 N–H and O–H groups in total. The summed E-state index contributed by atoms with van der Waals surface area (Å²) in [7, 11) is 0. The average molecular weight is 328 g/mol. The van der Waals surface area contributed by atoms with Gasteiger partial charge in [0.2, 0.25) is 0 Å². The molecule has 0 aliphatic carbocycles. The van der Waals surface area contributed by atoms with Gasteiger partial charge in [-0.15, -0.1) is 10.2 Å². The first-order chi connectivity index (χ1) is 10.1. The summed E-state index contributed by atoms with van der Waals surface area (Å²) in [6, 6.07) is 4.45. The highest BCUT2D eigenvalue weighted by molar-refractivity contribution is 7.98. The zero-order chi connectivity index (χ0) is 15.4. The average Bonchev–Trinajstić information content (AvgIpc) is 2.87. The number of nitro groups is 1. The van der Waals surface area contributed by atoms with Crippen LogP contribution in [0.25, 0.3) is 0 Å². The Hall–Kier alpha value is -1.64. The molecule has 7 nitrogen and oxygen atoms in total. The van der Waals surface area contributed by atoms with Gasteiger partial charge in [-0.3, -0.25) is 10.1 Å². The van der Waals surface area contributed by atoms with Gasteiger partial charge in [0.25, 0.3) is 5.69 Å². The van der Waals surface area contributed by atoms with Crippen LogP contribution in [0.1, 0.15) is 18.3 Å². The van der Waals surface area contributed by atoms with Crippen LogP contribution in [0.3, 0.4) is 0 Å². The fraction of sp³-hybridized carbons (Fsp3) is 0.333. The number of hydrogen-bond donors (Lipinski definition) is 1. The number of hydrogen-bond acceptors (Lipinski definition) is 6. The summed E-state index contributed by atoms with van der Waals surface area (Å²) in [6.45, 7) is 3.06. The predicted molar refractivity (Wildman–Crippen MR) is 81.3 cm³/mol. The zero-order valence-corrected chi connectivity index (χ0v) is 12.9. The molecule has 0 aliphatic rings. The van der Waals surface area contributed by atoms with Gasteiger partial charge in [0, 0.05) is 24.4 Å². The molecule has 0 amide bonds. The molecule has 0 spiro atoms. The molecular formula is C12H14ClN5O2S. The van der Waals surface area contributed by atoms with Crippen LogP contribution < -0.4 is 5.73 Å². The lowest BCUT2D eigenvalue weighted by atomic mass is 10.2. The van der Waals surface area contributed by atoms with Crippen molar-refractivity contribution in [2.24, 2.45) is 5.73 Å². The number of rotatable bonds is 6. The highest BCUT2D eigenvalue weighted by Crippen LogP contribution is 2.28. The molecular weight excluding hydrogens is 314 g/mol. The largest absolute Gasteiger partial charge is 0.324 e. The Bertz CT molecular complexity index is 661. The van der Waals surface area contributed by atoms with Crippen LogP contribution in [0.5, 0.6) is 0 Å². The second-order valence-electron chi connectivity index (χ2n) is 4.17. The van der Waals surface area contributed by atoms with Crippen LogP contribution >= 0.6 is 23.4 Å². The lowest BCUT2D eigenvalue weighted by Gasteiger charge is -2.06. The van der Waals surface area contributed by atoms with E-state index in [-0.39, 0.29) is 5.69 Å². The summed E-state index contributed by atoms with van der Waals surface area (Å²) in [6.07, 6.45) is 0. The van der Waals surface area contributed by atoms with Crippen molar-refractivity contribution < 1.29 is 4.92 Å². The van der Waals surface area contributed by atoms with Crippen LogP contribution in [0.4, 0.5) is 5.69 Å². The summed E-state index contributed by atoms with van der Waals surface area (Å²) in [5, 5.41) is 19.9. The zero-order valence-electron chi connectivity index (χ0n) is 11.3. The predicted octanol–water partition coefficient (Wildman–Crippen LogP) is 2.61. The van der Waals surface area contributed by atoms with E-state index >= 15 is 0 Å². The number of nitrogens with zero attached hydrogens (tertiary/aromatic N) is 4. The van der Waals surface area contributed by atoms with Crippen molar-refractivity contribution in [3.8, 4) is 0 Å². The molecule has 1 aromatic carbocycles. The van der Waals surface area contributed by atoms with E-state index in [4.69, 9.17) is 17.3 Å². The lowest BCUT2D eigenvalue weighted by Crippen LogP contribution is -2.08. The first-order valence-corrected chi connectivity index (χ1v) is 7.61. The quantitative estimate of drug-likeness (QED) is 0.497. The van der Waals surface area contributed by atoms with Gasteiger partial charge in [0.05, 0.1) is 16.5 Å². The molecule has 1 aromatic heterocycles. The van der Waals surface area contributed by atoms with Gasteiger partial charge in [-0.25, -0.2) is 0 Å². The fourth-order valence-electron chi connectivity index (χ4n) is 1.80. The Morgan fingerprint density at radius 1 is 1.48 bits per heavy atom. The highest BCUT2D eigenvalue weighted by Gasteiger charge is 2.13. The third kappa shape index (κ3) is 3.52. The molecule has 2 rings (SSSR count). The molecule has 0 bridgehead atoms. The molecule has 2 aromatic rings. The van der Waals surface area contributed by atoms with Gasteiger partial charge in [0.15, 0.2) is 5.16 Å². The van der Waals surface area contributed by atoms with Gasteiger partial charge < -0.3 is 10.3 Å². The molecule has 1 heterocycles. The summed E-state index contributed by atoms with van der Waals surface area (Å²) in [5.41, 5.74) is 6.39. The number of nitro benzene ring substituents is 1. The van der Waals surface area contributed by atoms with Gasteiger partial charge in [0.1, 0.15) is 5.82 Å². The van der Waals surface area contributed by atoms with E-state index in [0.717, 1.165) is 23.1 Å². The van der Waals surface area contributed by atoms with Crippen molar-refractivity contribution in [1.82, 2.24) is 14.8 Å². The van der Waals surface area contributed by atoms with Crippen LogP contribution in [0.15, 0.2) is 23.4 Å². The number of thioether (sulfide) groups is 1. The number of nitrogens with two attached hydrogens (primary N) is 1. The maximum absolute atomic E-state index is 10.7. The van der Waals surface area contributed by atoms with Gasteiger partial charge in [-0.05, 0) is 18.6 Å². The Morgan fingerprint density at radius 3 is 2.81 bits per heavy atom. The maximum Gasteiger partial charge on any atom is 0.270 e. The molecule has 112 valence electrons. The van der Waals surface area contributed by atoms with E-state index < -0.39 is 4.92 Å². The standard InChI is InChI=1S/C12H14ClN5O2S/c1-2-17-11(6-14)15-16-12(17)21-7-8-3-4-9(18(19)20)5-10(8)13/h3-5H,2,6-7,14H2,1H3. The fourth-order valence-corrected chi connectivity index (χ4v) is 3.15. The SMILES string of the molecule is CCn1c(CN)nnc1SCc1ccc([N+](=O)[O-])cc1Cl. The van der Waals surface area contributed by atoms with Crippen LogP contribution in [-0.2, 0) is 18.8 Å². The van der Waals surface area contributed by atoms with Gasteiger partial charge in [-0.1, -0.05) is 23.4 Å². The Kier molecular flexibility index (Phi) is 5.16. The molecule has 0 radical (unpaired) electrons. The first kappa shape index (κ1) is 15.7. The third-order valence-electron chi connectivity index (χ3n) is 2.90. The third-order valence-corrected chi connectivity index (χ3v) is 4.26. The summed E-state index contributed by atoms with van der Waals surface area (Å²) in [5.74, 6) is 1.29. The highest BCUT2D eigenvalue weighted by atomic mass is 35.5. The van der Waals surface area contributed by atoms with Gasteiger partial charge in [-0.2, -0.15) is 0 Å². The summed E-state index contributed by atoms with van der Waals surface area (Å²) < 4.78 is 1.93. The number of non-ortho nitro benzene ring substituents is 1. The maximum atomic E-state index is 10.7. The van der Waals surface area contributed by atoms with Crippen LogP contribution in [0, 0.1) is 10.1 Å². The van der Waals surface area contributed by atoms with Crippen molar-refractivity contribution >= 4 is 29.1 Å². The summed E-state index contributed by atoms with van der Waals surface area (Å²) in [4.78, 5) is 10.2. The second-order valence-corrected chi connectivity index (χ2v) is 5.52. The van der Waals surface area contributed by atoms with E-state index in [0.29, 0.717) is 17.3 Å². The minimum Gasteiger partial charge on any atom is -0.324 e. The van der Waals surface area contributed by atoms with Crippen molar-refractivity contribution in [3.63, 3.8) is 0 Å². The lowest BCUT2D eigenvalue weighted by molar-refractivity contribution is -0.384. The summed E-state index contributed by atoms with van der Waals surface area (Å²) >= 11 is 7.53. The Balaban J connectivity index is 2.13. The molecule has 0 atom stereocenters. The first-order valence-electron chi connectivity index (χ1n) is 6.24.